The number of rotatable bonds is 7. The Morgan fingerprint density at radius 1 is 1.21 bits per heavy atom. The third-order valence-corrected chi connectivity index (χ3v) is 10.3. The molecule has 0 saturated carbocycles. The number of ketones is 1. The molecular weight excluding hydrogens is 614 g/mol. The van der Waals surface area contributed by atoms with Crippen LogP contribution >= 0.6 is 0 Å². The van der Waals surface area contributed by atoms with E-state index in [1.165, 1.54) is 13.4 Å². The number of nitrogens with zero attached hydrogens (tertiary/aromatic N) is 5. The van der Waals surface area contributed by atoms with Gasteiger partial charge in [0, 0.05) is 69.1 Å². The molecule has 1 N–H and O–H groups in total. The van der Waals surface area contributed by atoms with Gasteiger partial charge in [-0.15, -0.1) is 13.0 Å². The molecule has 4 heterocycles. The summed E-state index contributed by atoms with van der Waals surface area (Å²) in [6.07, 6.45) is 10.5. The van der Waals surface area contributed by atoms with E-state index in [-0.39, 0.29) is 37.0 Å². The zero-order valence-electron chi connectivity index (χ0n) is 29.8. The first-order valence-corrected chi connectivity index (χ1v) is 16.7. The minimum absolute atomic E-state index is 0.120. The average molecular weight is 669 g/mol. The lowest BCUT2D eigenvalue weighted by atomic mass is 9.73. The Bertz CT molecular complexity index is 1370. The highest BCUT2D eigenvalue weighted by Gasteiger charge is 2.53. The van der Waals surface area contributed by atoms with Gasteiger partial charge >= 0.3 is 5.97 Å². The van der Waals surface area contributed by atoms with E-state index in [0.717, 1.165) is 30.9 Å². The van der Waals surface area contributed by atoms with Gasteiger partial charge in [-0.2, -0.15) is 0 Å². The Morgan fingerprint density at radius 3 is 2.46 bits per heavy atom. The Balaban J connectivity index is 1.67. The van der Waals surface area contributed by atoms with Gasteiger partial charge in [0.15, 0.2) is 29.5 Å². The van der Waals surface area contributed by atoms with E-state index in [0.29, 0.717) is 13.0 Å². The number of likely N-dealkylation sites (tertiary alicyclic amines) is 1. The summed E-state index contributed by atoms with van der Waals surface area (Å²) in [5.41, 5.74) is -1.20. The molecule has 0 spiro atoms. The Labute approximate surface area is 285 Å². The maximum Gasteiger partial charge on any atom is 0.319 e. The number of ether oxygens (including phenoxy) is 4. The molecule has 48 heavy (non-hydrogen) atoms. The first kappa shape index (κ1) is 37.8. The number of terminal acetylenes is 1. The standard InChI is InChI=1S/C36H54N5O7/c1-11-25-14-36(12-2,45-10)32(48-33-30(42)28(39(7)8)13-23(3)47-33)24(4)31(43)35(5,6)34(44)46-21-29(40(9)17-25)27-19-41(20-27)18-26-15-37-22-38-16-26/h2,11,15-16,22-25,27,29-30,32-33,42H,1,13-14,17-21H2,3-10H3/q+1/t23-,24+,25-,29+,30-,32-,33+,36-/m1/s1. The van der Waals surface area contributed by atoms with Crippen molar-refractivity contribution < 1.29 is 38.2 Å². The van der Waals surface area contributed by atoms with E-state index in [1.807, 2.05) is 51.1 Å². The van der Waals surface area contributed by atoms with Gasteiger partial charge in [0.25, 0.3) is 0 Å². The van der Waals surface area contributed by atoms with Crippen molar-refractivity contribution in [2.75, 3.05) is 54.5 Å². The highest BCUT2D eigenvalue weighted by atomic mass is 16.7. The van der Waals surface area contributed by atoms with Gasteiger partial charge in [0.05, 0.1) is 12.5 Å². The Hall–Kier alpha value is -3.05. The molecule has 0 radical (unpaired) electrons. The summed E-state index contributed by atoms with van der Waals surface area (Å²) in [6.45, 7) is 13.8. The lowest BCUT2D eigenvalue weighted by Gasteiger charge is -2.47. The van der Waals surface area contributed by atoms with Crippen LogP contribution in [0.3, 0.4) is 0 Å². The third kappa shape index (κ3) is 8.04. The monoisotopic (exact) mass is 668 g/mol. The molecule has 1 aromatic rings. The molecule has 12 heteroatoms. The molecule has 0 bridgehead atoms. The average Bonchev–Trinajstić information content (AvgIpc) is 3.05. The molecular formula is C36H54N5O7+. The number of carbonyl (C=O) groups excluding carboxylic acids is 2. The zero-order chi connectivity index (χ0) is 35.4. The molecule has 12 nitrogen and oxygen atoms in total. The molecule has 0 aliphatic carbocycles. The molecule has 0 aromatic carbocycles. The minimum Gasteiger partial charge on any atom is -0.463 e. The number of aliphatic hydroxyl groups excluding tert-OH is 1. The normalized spacial score (nSPS) is 34.5. The van der Waals surface area contributed by atoms with Crippen LogP contribution in [0.2, 0.25) is 0 Å². The molecule has 3 saturated heterocycles. The molecule has 8 atom stereocenters. The molecule has 264 valence electrons. The summed E-state index contributed by atoms with van der Waals surface area (Å²) >= 11 is 0. The molecule has 1 aromatic heterocycles. The van der Waals surface area contributed by atoms with E-state index in [1.54, 1.807) is 20.8 Å². The smallest absolute Gasteiger partial charge is 0.319 e. The van der Waals surface area contributed by atoms with Crippen molar-refractivity contribution in [2.45, 2.75) is 83.3 Å². The molecule has 3 fully saturated rings. The third-order valence-electron chi connectivity index (χ3n) is 10.3. The van der Waals surface area contributed by atoms with Crippen molar-refractivity contribution in [1.82, 2.24) is 19.8 Å². The van der Waals surface area contributed by atoms with Gasteiger partial charge in [-0.05, 0) is 40.2 Å². The van der Waals surface area contributed by atoms with Crippen molar-refractivity contribution in [3.05, 3.63) is 36.9 Å². The summed E-state index contributed by atoms with van der Waals surface area (Å²) in [5.74, 6) is 0.879. The first-order valence-electron chi connectivity index (χ1n) is 16.7. The number of hydrogen-bond acceptors (Lipinski definition) is 11. The lowest BCUT2D eigenvalue weighted by molar-refractivity contribution is -0.473. The van der Waals surface area contributed by atoms with Gasteiger partial charge in [-0.1, -0.05) is 18.9 Å². The predicted octanol–water partition coefficient (Wildman–Crippen LogP) is 1.80. The van der Waals surface area contributed by atoms with Crippen molar-refractivity contribution in [2.24, 2.45) is 23.2 Å². The van der Waals surface area contributed by atoms with Crippen LogP contribution < -0.4 is 0 Å². The number of aromatic nitrogens is 2. The number of cyclic esters (lactones) is 1. The molecule has 4 rings (SSSR count). The fourth-order valence-electron chi connectivity index (χ4n) is 7.31. The van der Waals surface area contributed by atoms with Crippen molar-refractivity contribution in [3.8, 4) is 12.3 Å². The summed E-state index contributed by atoms with van der Waals surface area (Å²) in [7, 11) is 7.21. The fraction of sp³-hybridized carbons (Fsp3) is 0.694. The summed E-state index contributed by atoms with van der Waals surface area (Å²) in [4.78, 5) is 40.8. The second-order valence-corrected chi connectivity index (χ2v) is 14.4. The number of likely N-dealkylation sites (N-methyl/N-ethyl adjacent to an activating group) is 1. The number of Topliss-reactive ketones (excluding diaryl/α,β-unsaturated/α-hetero) is 1. The van der Waals surface area contributed by atoms with Crippen LogP contribution in [0.15, 0.2) is 31.4 Å². The van der Waals surface area contributed by atoms with Crippen LogP contribution in [0, 0.1) is 35.5 Å². The summed E-state index contributed by atoms with van der Waals surface area (Å²) in [6, 6.07) is -0.120. The van der Waals surface area contributed by atoms with Crippen LogP contribution in [0.4, 0.5) is 0 Å². The first-order chi connectivity index (χ1) is 22.7. The molecule has 3 aliphatic heterocycles. The SMILES string of the molecule is C#C[C@@]1(OC)C[C@@H](C=C)CN(C)[C@H](C2CN(Cc3cncnc3)C2)COC(=O)C(C)(C)C(=O)[C@H](C)[C@H]1O[C@@H]1O[C@H](C)CC(=[N+](C)C)[C@H]1O. The quantitative estimate of drug-likeness (QED) is 0.150. The largest absolute Gasteiger partial charge is 0.463 e. The van der Waals surface area contributed by atoms with Crippen LogP contribution in [0.1, 0.15) is 46.1 Å². The van der Waals surface area contributed by atoms with Crippen LogP contribution in [-0.2, 0) is 35.1 Å². The number of carbonyl (C=O) groups is 2. The number of hydrogen-bond donors (Lipinski definition) is 1. The zero-order valence-corrected chi connectivity index (χ0v) is 29.8. The number of methoxy groups -OCH3 is 1. The van der Waals surface area contributed by atoms with Crippen molar-refractivity contribution in [1.29, 1.82) is 0 Å². The van der Waals surface area contributed by atoms with E-state index in [2.05, 4.69) is 32.3 Å². The maximum atomic E-state index is 14.3. The second-order valence-electron chi connectivity index (χ2n) is 14.4. The van der Waals surface area contributed by atoms with Crippen LogP contribution in [0.25, 0.3) is 0 Å². The van der Waals surface area contributed by atoms with E-state index < -0.39 is 47.2 Å². The van der Waals surface area contributed by atoms with Gasteiger partial charge in [0.1, 0.15) is 38.5 Å². The fourth-order valence-corrected chi connectivity index (χ4v) is 7.31. The predicted molar refractivity (Wildman–Crippen MR) is 180 cm³/mol. The van der Waals surface area contributed by atoms with Gasteiger partial charge in [-0.25, -0.2) is 14.5 Å². The van der Waals surface area contributed by atoms with Crippen molar-refractivity contribution >= 4 is 17.5 Å². The van der Waals surface area contributed by atoms with Crippen LogP contribution in [-0.4, -0.2) is 138 Å². The molecule has 0 amide bonds. The minimum atomic E-state index is -1.52. The number of esters is 1. The van der Waals surface area contributed by atoms with Gasteiger partial charge < -0.3 is 24.1 Å². The molecule has 3 aliphatic rings. The highest BCUT2D eigenvalue weighted by Crippen LogP contribution is 2.38. The summed E-state index contributed by atoms with van der Waals surface area (Å²) < 4.78 is 26.6. The second kappa shape index (κ2) is 15.7. The van der Waals surface area contributed by atoms with E-state index in [4.69, 9.17) is 25.4 Å². The Kier molecular flexibility index (Phi) is 12.3. The topological polar surface area (TPSA) is 127 Å². The highest BCUT2D eigenvalue weighted by molar-refractivity contribution is 6.04. The van der Waals surface area contributed by atoms with Gasteiger partial charge in [-0.3, -0.25) is 19.4 Å². The van der Waals surface area contributed by atoms with Crippen molar-refractivity contribution in [3.63, 3.8) is 0 Å². The van der Waals surface area contributed by atoms with Gasteiger partial charge in [0.2, 0.25) is 0 Å². The maximum absolute atomic E-state index is 14.3. The number of aliphatic hydroxyl groups is 1. The van der Waals surface area contributed by atoms with Crippen LogP contribution in [0.5, 0.6) is 0 Å². The van der Waals surface area contributed by atoms with E-state index in [9.17, 15) is 14.7 Å². The lowest BCUT2D eigenvalue weighted by Crippen LogP contribution is -2.58. The Morgan fingerprint density at radius 2 is 1.88 bits per heavy atom. The van der Waals surface area contributed by atoms with E-state index >= 15 is 0 Å². The molecule has 0 unspecified atom stereocenters. The summed E-state index contributed by atoms with van der Waals surface area (Å²) in [5, 5.41) is 11.3.